The minimum absolute atomic E-state index is 0. The molecule has 0 atom stereocenters. The first-order valence-electron chi connectivity index (χ1n) is 8.94. The van der Waals surface area contributed by atoms with Gasteiger partial charge >= 0.3 is 0 Å². The van der Waals surface area contributed by atoms with Crippen molar-refractivity contribution < 1.29 is 4.74 Å². The molecule has 0 bridgehead atoms. The van der Waals surface area contributed by atoms with Crippen LogP contribution in [0, 0.1) is 36.5 Å². The maximum absolute atomic E-state index is 8.94. The van der Waals surface area contributed by atoms with Gasteiger partial charge in [0.1, 0.15) is 5.75 Å². The highest BCUT2D eigenvalue weighted by Gasteiger charge is 2.12. The zero-order valence-corrected chi connectivity index (χ0v) is 16.4. The number of anilines is 2. The van der Waals surface area contributed by atoms with E-state index in [0.29, 0.717) is 17.4 Å². The molecule has 0 fully saturated rings. The van der Waals surface area contributed by atoms with E-state index in [4.69, 9.17) is 15.3 Å². The lowest BCUT2D eigenvalue weighted by Gasteiger charge is -2.18. The molecule has 0 saturated heterocycles. The predicted molar refractivity (Wildman–Crippen MR) is 119 cm³/mol. The van der Waals surface area contributed by atoms with Gasteiger partial charge in [0.25, 0.3) is 0 Å². The third kappa shape index (κ3) is 5.01. The van der Waals surface area contributed by atoms with E-state index in [0.717, 1.165) is 28.1 Å². The lowest BCUT2D eigenvalue weighted by molar-refractivity contribution is 0.455. The molecular formula is C24H23N5O. The van der Waals surface area contributed by atoms with Crippen LogP contribution in [0.4, 0.5) is 11.6 Å². The van der Waals surface area contributed by atoms with Crippen LogP contribution in [0.1, 0.15) is 29.7 Å². The summed E-state index contributed by atoms with van der Waals surface area (Å²) in [6, 6.07) is 16.9. The Balaban J connectivity index is 0.00000320. The first-order chi connectivity index (χ1) is 14.0. The van der Waals surface area contributed by atoms with Gasteiger partial charge in [-0.05, 0) is 73.0 Å². The molecule has 0 saturated carbocycles. The van der Waals surface area contributed by atoms with E-state index >= 15 is 0 Å². The van der Waals surface area contributed by atoms with Crippen molar-refractivity contribution in [1.29, 1.82) is 10.5 Å². The fourth-order valence-electron chi connectivity index (χ4n) is 2.90. The zero-order chi connectivity index (χ0) is 20.8. The largest absolute Gasteiger partial charge is 0.438 e. The van der Waals surface area contributed by atoms with Crippen LogP contribution in [0.3, 0.4) is 0 Å². The van der Waals surface area contributed by atoms with E-state index < -0.39 is 0 Å². The maximum atomic E-state index is 8.94. The molecule has 2 aromatic carbocycles. The van der Waals surface area contributed by atoms with E-state index in [2.05, 4.69) is 16.0 Å². The lowest BCUT2D eigenvalue weighted by Crippen LogP contribution is -2.13. The molecular weight excluding hydrogens is 374 g/mol. The summed E-state index contributed by atoms with van der Waals surface area (Å²) in [5, 5.41) is 17.6. The summed E-state index contributed by atoms with van der Waals surface area (Å²) in [4.78, 5) is 10.7. The van der Waals surface area contributed by atoms with Crippen LogP contribution in [0.15, 0.2) is 54.7 Å². The fraction of sp³-hybridized carbons (Fsp3) is 0.167. The molecule has 6 nitrogen and oxygen atoms in total. The van der Waals surface area contributed by atoms with Crippen LogP contribution in [0.25, 0.3) is 6.08 Å². The number of nitrogens with zero attached hydrogens (tertiary/aromatic N) is 5. The first-order valence-corrected chi connectivity index (χ1v) is 8.94. The lowest BCUT2D eigenvalue weighted by atomic mass is 10.1. The summed E-state index contributed by atoms with van der Waals surface area (Å²) in [6.07, 6.45) is 4.86. The van der Waals surface area contributed by atoms with Gasteiger partial charge in [0, 0.05) is 31.1 Å². The van der Waals surface area contributed by atoms with Gasteiger partial charge in [-0.3, -0.25) is 0 Å². The van der Waals surface area contributed by atoms with Crippen molar-refractivity contribution in [3.63, 3.8) is 0 Å². The van der Waals surface area contributed by atoms with Crippen molar-refractivity contribution >= 4 is 17.7 Å². The molecule has 0 radical (unpaired) electrons. The molecule has 0 N–H and O–H groups in total. The maximum Gasteiger partial charge on any atom is 0.232 e. The van der Waals surface area contributed by atoms with Crippen molar-refractivity contribution in [3.8, 4) is 23.8 Å². The third-order valence-corrected chi connectivity index (χ3v) is 4.34. The van der Waals surface area contributed by atoms with Gasteiger partial charge in [0.2, 0.25) is 11.8 Å². The first kappa shape index (κ1) is 22.1. The second kappa shape index (κ2) is 9.86. The molecule has 0 amide bonds. The Bertz CT molecular complexity index is 1110. The van der Waals surface area contributed by atoms with Gasteiger partial charge in [0.15, 0.2) is 0 Å². The molecule has 0 aliphatic heterocycles. The monoisotopic (exact) mass is 397 g/mol. The Labute approximate surface area is 177 Å². The number of rotatable bonds is 5. The highest BCUT2D eigenvalue weighted by atomic mass is 16.5. The van der Waals surface area contributed by atoms with Crippen LogP contribution in [-0.2, 0) is 0 Å². The molecule has 1 aromatic heterocycles. The zero-order valence-electron chi connectivity index (χ0n) is 16.4. The summed E-state index contributed by atoms with van der Waals surface area (Å²) < 4.78 is 6.05. The third-order valence-electron chi connectivity index (χ3n) is 4.34. The molecule has 0 spiro atoms. The Kier molecular flexibility index (Phi) is 7.27. The summed E-state index contributed by atoms with van der Waals surface area (Å²) in [7, 11) is 1.85. The second-order valence-corrected chi connectivity index (χ2v) is 6.46. The van der Waals surface area contributed by atoms with E-state index in [9.17, 15) is 0 Å². The molecule has 3 rings (SSSR count). The van der Waals surface area contributed by atoms with Crippen LogP contribution in [0.2, 0.25) is 0 Å². The minimum atomic E-state index is 0. The Morgan fingerprint density at radius 3 is 2.30 bits per heavy atom. The molecule has 0 unspecified atom stereocenters. The molecule has 150 valence electrons. The second-order valence-electron chi connectivity index (χ2n) is 6.46. The molecule has 0 aliphatic rings. The van der Waals surface area contributed by atoms with Gasteiger partial charge in [-0.1, -0.05) is 7.43 Å². The van der Waals surface area contributed by atoms with E-state index in [1.807, 2.05) is 56.1 Å². The molecule has 0 aliphatic carbocycles. The number of benzene rings is 2. The summed E-state index contributed by atoms with van der Waals surface area (Å²) >= 11 is 0. The van der Waals surface area contributed by atoms with Crippen LogP contribution < -0.4 is 9.64 Å². The van der Waals surface area contributed by atoms with Crippen LogP contribution in [-0.4, -0.2) is 17.0 Å². The normalized spacial score (nSPS) is 10.0. The minimum Gasteiger partial charge on any atom is -0.438 e. The molecule has 1 heterocycles. The predicted octanol–water partition coefficient (Wildman–Crippen LogP) is 5.70. The van der Waals surface area contributed by atoms with Crippen molar-refractivity contribution in [1.82, 2.24) is 9.97 Å². The van der Waals surface area contributed by atoms with Crippen LogP contribution in [0.5, 0.6) is 11.6 Å². The number of aryl methyl sites for hydroxylation is 2. The van der Waals surface area contributed by atoms with Gasteiger partial charge in [-0.25, -0.2) is 4.98 Å². The highest BCUT2D eigenvalue weighted by molar-refractivity contribution is 5.59. The summed E-state index contributed by atoms with van der Waals surface area (Å²) in [5.41, 5.74) is 4.30. The Hall–Kier alpha value is -4.16. The van der Waals surface area contributed by atoms with E-state index in [1.165, 1.54) is 6.08 Å². The van der Waals surface area contributed by atoms with Crippen molar-refractivity contribution in [2.45, 2.75) is 21.3 Å². The van der Waals surface area contributed by atoms with Crippen molar-refractivity contribution in [2.75, 3.05) is 11.9 Å². The van der Waals surface area contributed by atoms with E-state index in [-0.39, 0.29) is 7.43 Å². The van der Waals surface area contributed by atoms with Gasteiger partial charge in [0.05, 0.1) is 17.7 Å². The standard InChI is InChI=1S/C23H19N5O.CH4/c1-16-13-19(5-4-11-24)14-17(2)22(16)29-21-10-12-26-23(27-21)28(3)20-8-6-18(15-25)7-9-20;/h4-10,12-14H,1-3H3;1H4/b5-4+;. The van der Waals surface area contributed by atoms with Gasteiger partial charge in [-0.15, -0.1) is 0 Å². The number of hydrogen-bond acceptors (Lipinski definition) is 6. The summed E-state index contributed by atoms with van der Waals surface area (Å²) in [6.45, 7) is 3.91. The highest BCUT2D eigenvalue weighted by Crippen LogP contribution is 2.30. The smallest absolute Gasteiger partial charge is 0.232 e. The number of nitriles is 2. The van der Waals surface area contributed by atoms with E-state index in [1.54, 1.807) is 30.5 Å². The summed E-state index contributed by atoms with van der Waals surface area (Å²) in [5.74, 6) is 1.64. The van der Waals surface area contributed by atoms with Gasteiger partial charge in [-0.2, -0.15) is 15.5 Å². The number of hydrogen-bond donors (Lipinski definition) is 0. The fourth-order valence-corrected chi connectivity index (χ4v) is 2.90. The molecule has 6 heteroatoms. The average molecular weight is 397 g/mol. The number of ether oxygens (including phenoxy) is 1. The SMILES string of the molecule is C.Cc1cc(/C=C/C#N)cc(C)c1Oc1ccnc(N(C)c2ccc(C#N)cc2)n1. The topological polar surface area (TPSA) is 85.8 Å². The Morgan fingerprint density at radius 1 is 1.03 bits per heavy atom. The number of aromatic nitrogens is 2. The molecule has 30 heavy (non-hydrogen) atoms. The van der Waals surface area contributed by atoms with Crippen molar-refractivity contribution in [3.05, 3.63) is 77.0 Å². The number of allylic oxidation sites excluding steroid dienone is 1. The van der Waals surface area contributed by atoms with Crippen molar-refractivity contribution in [2.24, 2.45) is 0 Å². The molecule has 3 aromatic rings. The quantitative estimate of drug-likeness (QED) is 0.513. The average Bonchev–Trinajstić information content (AvgIpc) is 2.74. The van der Waals surface area contributed by atoms with Crippen LogP contribution >= 0.6 is 0 Å². The Morgan fingerprint density at radius 2 is 1.70 bits per heavy atom. The van der Waals surface area contributed by atoms with Gasteiger partial charge < -0.3 is 9.64 Å².